The first-order valence-electron chi connectivity index (χ1n) is 6.56. The van der Waals surface area contributed by atoms with E-state index in [0.717, 1.165) is 11.3 Å². The highest BCUT2D eigenvalue weighted by atomic mass is 16.5. The van der Waals surface area contributed by atoms with Crippen molar-refractivity contribution in [3.63, 3.8) is 0 Å². The van der Waals surface area contributed by atoms with Gasteiger partial charge in [0.05, 0.1) is 6.61 Å². The molecule has 1 aromatic carbocycles. The lowest BCUT2D eigenvalue weighted by atomic mass is 10.0. The van der Waals surface area contributed by atoms with Gasteiger partial charge in [-0.15, -0.1) is 0 Å². The third-order valence-corrected chi connectivity index (χ3v) is 3.23. The summed E-state index contributed by atoms with van der Waals surface area (Å²) in [6.45, 7) is 0.915. The van der Waals surface area contributed by atoms with Gasteiger partial charge in [-0.05, 0) is 30.2 Å². The van der Waals surface area contributed by atoms with E-state index >= 15 is 0 Å². The molecule has 0 saturated carbocycles. The Morgan fingerprint density at radius 2 is 2.25 bits per heavy atom. The molecule has 0 saturated heterocycles. The summed E-state index contributed by atoms with van der Waals surface area (Å²) in [4.78, 5) is 25.3. The van der Waals surface area contributed by atoms with E-state index in [4.69, 9.17) is 10.5 Å². The number of nitrogens with zero attached hydrogens (tertiary/aromatic N) is 1. The predicted octanol–water partition coefficient (Wildman–Crippen LogP) is 0.311. The van der Waals surface area contributed by atoms with Crippen LogP contribution < -0.4 is 16.0 Å². The average Bonchev–Trinajstić information content (AvgIpc) is 2.42. The molecule has 1 aliphatic heterocycles. The van der Waals surface area contributed by atoms with Crippen molar-refractivity contribution in [2.24, 2.45) is 0 Å². The number of anilines is 2. The second kappa shape index (κ2) is 6.38. The minimum Gasteiger partial charge on any atom is -0.399 e. The molecule has 0 spiro atoms. The zero-order chi connectivity index (χ0) is 14.5. The smallest absolute Gasteiger partial charge is 0.240 e. The molecule has 0 atom stereocenters. The van der Waals surface area contributed by atoms with Crippen LogP contribution in [0.15, 0.2) is 18.2 Å². The van der Waals surface area contributed by atoms with E-state index in [0.29, 0.717) is 31.7 Å². The Morgan fingerprint density at radius 1 is 1.45 bits per heavy atom. The maximum Gasteiger partial charge on any atom is 0.240 e. The number of fused-ring (bicyclic) bond motifs is 1. The van der Waals surface area contributed by atoms with E-state index in [1.807, 2.05) is 6.07 Å². The van der Waals surface area contributed by atoms with E-state index in [2.05, 4.69) is 5.32 Å². The van der Waals surface area contributed by atoms with Crippen LogP contribution in [0.1, 0.15) is 12.0 Å². The minimum atomic E-state index is -0.194. The van der Waals surface area contributed by atoms with Crippen molar-refractivity contribution in [1.82, 2.24) is 5.32 Å². The summed E-state index contributed by atoms with van der Waals surface area (Å²) in [6, 6.07) is 5.40. The molecule has 6 heteroatoms. The molecule has 108 valence electrons. The topological polar surface area (TPSA) is 84.7 Å². The first kappa shape index (κ1) is 14.3. The highest BCUT2D eigenvalue weighted by molar-refractivity contribution is 6.01. The van der Waals surface area contributed by atoms with Gasteiger partial charge >= 0.3 is 0 Å². The fourth-order valence-corrected chi connectivity index (χ4v) is 2.25. The van der Waals surface area contributed by atoms with Gasteiger partial charge in [0.15, 0.2) is 0 Å². The number of hydrogen-bond acceptors (Lipinski definition) is 4. The quantitative estimate of drug-likeness (QED) is 0.599. The minimum absolute atomic E-state index is 0.0272. The SMILES string of the molecule is COCCNC(=O)CN1C(=O)CCc2cc(N)ccc21. The van der Waals surface area contributed by atoms with Crippen molar-refractivity contribution < 1.29 is 14.3 Å². The zero-order valence-electron chi connectivity index (χ0n) is 11.5. The van der Waals surface area contributed by atoms with Gasteiger partial charge in [0.25, 0.3) is 0 Å². The normalized spacial score (nSPS) is 14.1. The number of nitrogen functional groups attached to an aromatic ring is 1. The molecule has 1 aromatic rings. The van der Waals surface area contributed by atoms with Crippen LogP contribution in [0.2, 0.25) is 0 Å². The fourth-order valence-electron chi connectivity index (χ4n) is 2.25. The molecule has 1 aliphatic rings. The number of carbonyl (C=O) groups excluding carboxylic acids is 2. The van der Waals surface area contributed by atoms with Crippen LogP contribution in [0.3, 0.4) is 0 Å². The number of carbonyl (C=O) groups is 2. The summed E-state index contributed by atoms with van der Waals surface area (Å²) in [5, 5.41) is 2.71. The summed E-state index contributed by atoms with van der Waals surface area (Å²) in [5.74, 6) is -0.232. The number of rotatable bonds is 5. The summed E-state index contributed by atoms with van der Waals surface area (Å²) in [5.41, 5.74) is 8.20. The van der Waals surface area contributed by atoms with Crippen LogP contribution in [-0.4, -0.2) is 38.6 Å². The van der Waals surface area contributed by atoms with Crippen LogP contribution in [0, 0.1) is 0 Å². The number of nitrogens with one attached hydrogen (secondary N) is 1. The van der Waals surface area contributed by atoms with Gasteiger partial charge < -0.3 is 20.7 Å². The number of benzene rings is 1. The van der Waals surface area contributed by atoms with E-state index in [1.165, 1.54) is 4.90 Å². The Hall–Kier alpha value is -2.08. The van der Waals surface area contributed by atoms with Crippen LogP contribution in [-0.2, 0) is 20.7 Å². The zero-order valence-corrected chi connectivity index (χ0v) is 11.5. The summed E-state index contributed by atoms with van der Waals surface area (Å²) >= 11 is 0. The molecular formula is C14H19N3O3. The van der Waals surface area contributed by atoms with E-state index in [1.54, 1.807) is 19.2 Å². The van der Waals surface area contributed by atoms with Crippen LogP contribution in [0.5, 0.6) is 0 Å². The molecule has 6 nitrogen and oxygen atoms in total. The lowest BCUT2D eigenvalue weighted by Gasteiger charge is -2.29. The van der Waals surface area contributed by atoms with Gasteiger partial charge in [-0.25, -0.2) is 0 Å². The number of methoxy groups -OCH3 is 1. The molecule has 0 aliphatic carbocycles. The van der Waals surface area contributed by atoms with E-state index < -0.39 is 0 Å². The van der Waals surface area contributed by atoms with Gasteiger partial charge in [0.2, 0.25) is 11.8 Å². The van der Waals surface area contributed by atoms with Crippen LogP contribution in [0.4, 0.5) is 11.4 Å². The fraction of sp³-hybridized carbons (Fsp3) is 0.429. The lowest BCUT2D eigenvalue weighted by molar-refractivity contribution is -0.124. The van der Waals surface area contributed by atoms with E-state index in [-0.39, 0.29) is 18.4 Å². The third kappa shape index (κ3) is 3.27. The van der Waals surface area contributed by atoms with Gasteiger partial charge in [-0.1, -0.05) is 0 Å². The monoisotopic (exact) mass is 277 g/mol. The highest BCUT2D eigenvalue weighted by Gasteiger charge is 2.25. The number of amides is 2. The van der Waals surface area contributed by atoms with Crippen molar-refractivity contribution in [2.45, 2.75) is 12.8 Å². The average molecular weight is 277 g/mol. The van der Waals surface area contributed by atoms with Gasteiger partial charge in [0, 0.05) is 31.5 Å². The van der Waals surface area contributed by atoms with Gasteiger partial charge in [-0.3, -0.25) is 9.59 Å². The van der Waals surface area contributed by atoms with Crippen molar-refractivity contribution >= 4 is 23.2 Å². The molecule has 0 unspecified atom stereocenters. The van der Waals surface area contributed by atoms with Crippen LogP contribution in [0.25, 0.3) is 0 Å². The van der Waals surface area contributed by atoms with E-state index in [9.17, 15) is 9.59 Å². The maximum atomic E-state index is 12.0. The van der Waals surface area contributed by atoms with Crippen molar-refractivity contribution in [2.75, 3.05) is 37.4 Å². The maximum absolute atomic E-state index is 12.0. The molecular weight excluding hydrogens is 258 g/mol. The number of nitrogens with two attached hydrogens (primary N) is 1. The van der Waals surface area contributed by atoms with Crippen molar-refractivity contribution in [3.8, 4) is 0 Å². The Morgan fingerprint density at radius 3 is 3.00 bits per heavy atom. The highest BCUT2D eigenvalue weighted by Crippen LogP contribution is 2.29. The third-order valence-electron chi connectivity index (χ3n) is 3.23. The Bertz CT molecular complexity index is 516. The van der Waals surface area contributed by atoms with Crippen molar-refractivity contribution in [1.29, 1.82) is 0 Å². The number of aryl methyl sites for hydroxylation is 1. The molecule has 3 N–H and O–H groups in total. The first-order chi connectivity index (χ1) is 9.61. The molecule has 2 amide bonds. The second-order valence-electron chi connectivity index (χ2n) is 4.71. The summed E-state index contributed by atoms with van der Waals surface area (Å²) in [7, 11) is 1.57. The molecule has 0 radical (unpaired) electrons. The lowest BCUT2D eigenvalue weighted by Crippen LogP contribution is -2.43. The second-order valence-corrected chi connectivity index (χ2v) is 4.71. The molecule has 2 rings (SSSR count). The largest absolute Gasteiger partial charge is 0.399 e. The predicted molar refractivity (Wildman–Crippen MR) is 76.4 cm³/mol. The van der Waals surface area contributed by atoms with Crippen LogP contribution >= 0.6 is 0 Å². The summed E-state index contributed by atoms with van der Waals surface area (Å²) < 4.78 is 4.86. The standard InChI is InChI=1S/C14H19N3O3/c1-20-7-6-16-13(18)9-17-12-4-3-11(15)8-10(12)2-5-14(17)19/h3-4,8H,2,5-7,9,15H2,1H3,(H,16,18). The molecule has 20 heavy (non-hydrogen) atoms. The first-order valence-corrected chi connectivity index (χ1v) is 6.56. The van der Waals surface area contributed by atoms with Gasteiger partial charge in [-0.2, -0.15) is 0 Å². The van der Waals surface area contributed by atoms with Gasteiger partial charge in [0.1, 0.15) is 6.54 Å². The molecule has 0 fully saturated rings. The summed E-state index contributed by atoms with van der Waals surface area (Å²) in [6.07, 6.45) is 1.07. The molecule has 0 aromatic heterocycles. The molecule has 0 bridgehead atoms. The van der Waals surface area contributed by atoms with Crippen molar-refractivity contribution in [3.05, 3.63) is 23.8 Å². The Labute approximate surface area is 117 Å². The Balaban J connectivity index is 2.07. The number of ether oxygens (including phenoxy) is 1. The number of hydrogen-bond donors (Lipinski definition) is 2. The Kier molecular flexibility index (Phi) is 4.57. The molecule has 1 heterocycles.